The molecule has 0 aliphatic heterocycles. The molecule has 0 unspecified atom stereocenters. The molecule has 4 rings (SSSR count). The standard InChI is InChI=1S/C29H27N3O4/c1-5-35-29(33)22-9-6-20(7-10-22)17-36-26-11-8-21(15-27(26)34-4)14-23(16-30)28-31-24-12-18(2)19(3)13-25(24)32-28/h6-15H,5,17H2,1-4H3,(H,31,32)/b23-14+. The smallest absolute Gasteiger partial charge is 0.338 e. The third-order valence-electron chi connectivity index (χ3n) is 5.83. The van der Waals surface area contributed by atoms with E-state index < -0.39 is 0 Å². The van der Waals surface area contributed by atoms with Crippen molar-refractivity contribution in [2.75, 3.05) is 13.7 Å². The molecule has 0 bridgehead atoms. The lowest BCUT2D eigenvalue weighted by molar-refractivity contribution is 0.0526. The SMILES string of the molecule is CCOC(=O)c1ccc(COc2ccc(/C=C(\C#N)c3nc4cc(C)c(C)cc4[nH]3)cc2OC)cc1. The average molecular weight is 482 g/mol. The molecule has 0 saturated carbocycles. The summed E-state index contributed by atoms with van der Waals surface area (Å²) in [6.45, 7) is 6.50. The number of methoxy groups -OCH3 is 1. The predicted octanol–water partition coefficient (Wildman–Crippen LogP) is 6.01. The Hall–Kier alpha value is -4.57. The second-order valence-corrected chi connectivity index (χ2v) is 8.33. The van der Waals surface area contributed by atoms with Gasteiger partial charge in [0.1, 0.15) is 18.5 Å². The number of esters is 1. The summed E-state index contributed by atoms with van der Waals surface area (Å²) >= 11 is 0. The Morgan fingerprint density at radius 2 is 1.81 bits per heavy atom. The number of aromatic amines is 1. The van der Waals surface area contributed by atoms with Crippen LogP contribution in [0.25, 0.3) is 22.7 Å². The molecule has 4 aromatic rings. The van der Waals surface area contributed by atoms with Crippen LogP contribution in [0.4, 0.5) is 0 Å². The Morgan fingerprint density at radius 3 is 2.50 bits per heavy atom. The molecule has 0 aliphatic rings. The quantitative estimate of drug-likeness (QED) is 0.245. The molecule has 0 saturated heterocycles. The Morgan fingerprint density at radius 1 is 1.06 bits per heavy atom. The molecule has 36 heavy (non-hydrogen) atoms. The van der Waals surface area contributed by atoms with Crippen LogP contribution in [0.5, 0.6) is 11.5 Å². The zero-order valence-electron chi connectivity index (χ0n) is 20.7. The highest BCUT2D eigenvalue weighted by molar-refractivity contribution is 5.91. The van der Waals surface area contributed by atoms with Crippen LogP contribution in [0.3, 0.4) is 0 Å². The predicted molar refractivity (Wildman–Crippen MR) is 139 cm³/mol. The van der Waals surface area contributed by atoms with Gasteiger partial charge >= 0.3 is 5.97 Å². The number of hydrogen-bond donors (Lipinski definition) is 1. The molecule has 182 valence electrons. The number of imidazole rings is 1. The minimum absolute atomic E-state index is 0.302. The number of aromatic nitrogens is 2. The molecule has 0 amide bonds. The first-order valence-corrected chi connectivity index (χ1v) is 11.6. The normalized spacial score (nSPS) is 11.2. The van der Waals surface area contributed by atoms with Gasteiger partial charge in [-0.1, -0.05) is 18.2 Å². The zero-order chi connectivity index (χ0) is 25.7. The zero-order valence-corrected chi connectivity index (χ0v) is 20.7. The second kappa shape index (κ2) is 10.8. The lowest BCUT2D eigenvalue weighted by Gasteiger charge is -2.12. The maximum atomic E-state index is 11.8. The number of nitrogens with one attached hydrogen (secondary N) is 1. The summed E-state index contributed by atoms with van der Waals surface area (Å²) in [7, 11) is 1.57. The highest BCUT2D eigenvalue weighted by atomic mass is 16.5. The monoisotopic (exact) mass is 481 g/mol. The van der Waals surface area contributed by atoms with Gasteiger partial charge in [-0.2, -0.15) is 5.26 Å². The van der Waals surface area contributed by atoms with E-state index in [4.69, 9.17) is 14.2 Å². The molecule has 7 nitrogen and oxygen atoms in total. The molecule has 7 heteroatoms. The number of hydrogen-bond acceptors (Lipinski definition) is 6. The largest absolute Gasteiger partial charge is 0.493 e. The fraction of sp³-hybridized carbons (Fsp3) is 0.207. The van der Waals surface area contributed by atoms with Crippen LogP contribution in [0.15, 0.2) is 54.6 Å². The first-order chi connectivity index (χ1) is 17.4. The van der Waals surface area contributed by atoms with Crippen LogP contribution in [-0.2, 0) is 11.3 Å². The van der Waals surface area contributed by atoms with Crippen molar-refractivity contribution in [2.45, 2.75) is 27.4 Å². The Kier molecular flexibility index (Phi) is 7.36. The van der Waals surface area contributed by atoms with Crippen LogP contribution in [0, 0.1) is 25.2 Å². The number of ether oxygens (including phenoxy) is 3. The maximum absolute atomic E-state index is 11.8. The Bertz CT molecular complexity index is 1440. The molecular weight excluding hydrogens is 454 g/mol. The van der Waals surface area contributed by atoms with Gasteiger partial charge in [0.05, 0.1) is 35.9 Å². The van der Waals surface area contributed by atoms with E-state index in [2.05, 4.69) is 16.0 Å². The van der Waals surface area contributed by atoms with Gasteiger partial charge < -0.3 is 19.2 Å². The minimum Gasteiger partial charge on any atom is -0.493 e. The number of carbonyl (C=O) groups is 1. The number of aryl methyl sites for hydroxylation is 2. The van der Waals surface area contributed by atoms with Gasteiger partial charge in [-0.3, -0.25) is 0 Å². The topological polar surface area (TPSA) is 97.2 Å². The number of allylic oxidation sites excluding steroid dienone is 1. The van der Waals surface area contributed by atoms with E-state index in [1.165, 1.54) is 0 Å². The minimum atomic E-state index is -0.347. The summed E-state index contributed by atoms with van der Waals surface area (Å²) in [6.07, 6.45) is 1.76. The number of fused-ring (bicyclic) bond motifs is 1. The summed E-state index contributed by atoms with van der Waals surface area (Å²) in [5, 5.41) is 9.79. The summed E-state index contributed by atoms with van der Waals surface area (Å²) < 4.78 is 16.5. The molecule has 1 N–H and O–H groups in total. The van der Waals surface area contributed by atoms with Crippen LogP contribution >= 0.6 is 0 Å². The van der Waals surface area contributed by atoms with E-state index in [1.54, 1.807) is 38.3 Å². The van der Waals surface area contributed by atoms with E-state index in [1.807, 2.05) is 50.2 Å². The lowest BCUT2D eigenvalue weighted by Crippen LogP contribution is -2.05. The van der Waals surface area contributed by atoms with E-state index >= 15 is 0 Å². The highest BCUT2D eigenvalue weighted by Gasteiger charge is 2.12. The summed E-state index contributed by atoms with van der Waals surface area (Å²) in [5.41, 5.74) is 6.63. The average Bonchev–Trinajstić information content (AvgIpc) is 3.29. The molecule has 0 aliphatic carbocycles. The maximum Gasteiger partial charge on any atom is 0.338 e. The lowest BCUT2D eigenvalue weighted by atomic mass is 10.1. The first-order valence-electron chi connectivity index (χ1n) is 11.6. The van der Waals surface area contributed by atoms with Gasteiger partial charge in [-0.15, -0.1) is 0 Å². The number of carbonyl (C=O) groups excluding carboxylic acids is 1. The fourth-order valence-corrected chi connectivity index (χ4v) is 3.72. The van der Waals surface area contributed by atoms with Crippen molar-refractivity contribution in [1.82, 2.24) is 9.97 Å². The number of nitrogens with zero attached hydrogens (tertiary/aromatic N) is 2. The second-order valence-electron chi connectivity index (χ2n) is 8.33. The van der Waals surface area contributed by atoms with Gasteiger partial charge in [0.25, 0.3) is 0 Å². The van der Waals surface area contributed by atoms with Crippen molar-refractivity contribution in [3.05, 3.63) is 88.2 Å². The summed E-state index contributed by atoms with van der Waals surface area (Å²) in [5.74, 6) is 1.28. The number of H-pyrrole nitrogens is 1. The molecular formula is C29H27N3O4. The van der Waals surface area contributed by atoms with Crippen LogP contribution < -0.4 is 9.47 Å². The first kappa shape index (κ1) is 24.6. The van der Waals surface area contributed by atoms with E-state index in [-0.39, 0.29) is 5.97 Å². The molecule has 0 fully saturated rings. The Labute approximate surface area is 210 Å². The third kappa shape index (κ3) is 5.39. The fourth-order valence-electron chi connectivity index (χ4n) is 3.72. The van der Waals surface area contributed by atoms with E-state index in [0.717, 1.165) is 33.3 Å². The third-order valence-corrected chi connectivity index (χ3v) is 5.83. The van der Waals surface area contributed by atoms with Gasteiger partial charge in [0.2, 0.25) is 0 Å². The van der Waals surface area contributed by atoms with E-state index in [0.29, 0.717) is 41.7 Å². The van der Waals surface area contributed by atoms with Crippen molar-refractivity contribution < 1.29 is 19.0 Å². The van der Waals surface area contributed by atoms with Crippen molar-refractivity contribution in [3.8, 4) is 17.6 Å². The number of rotatable bonds is 8. The molecule has 3 aromatic carbocycles. The van der Waals surface area contributed by atoms with Gasteiger partial charge in [0.15, 0.2) is 11.5 Å². The summed E-state index contributed by atoms with van der Waals surface area (Å²) in [6, 6.07) is 18.8. The Balaban J connectivity index is 1.52. The van der Waals surface area contributed by atoms with Crippen LogP contribution in [0.2, 0.25) is 0 Å². The van der Waals surface area contributed by atoms with Crippen LogP contribution in [0.1, 0.15) is 45.4 Å². The van der Waals surface area contributed by atoms with Gasteiger partial charge in [-0.25, -0.2) is 9.78 Å². The summed E-state index contributed by atoms with van der Waals surface area (Å²) in [4.78, 5) is 19.7. The van der Waals surface area contributed by atoms with Crippen molar-refractivity contribution in [1.29, 1.82) is 5.26 Å². The van der Waals surface area contributed by atoms with E-state index in [9.17, 15) is 10.1 Å². The molecule has 1 aromatic heterocycles. The molecule has 1 heterocycles. The molecule has 0 radical (unpaired) electrons. The molecule has 0 atom stereocenters. The van der Waals surface area contributed by atoms with Crippen LogP contribution in [-0.4, -0.2) is 29.7 Å². The molecule has 0 spiro atoms. The van der Waals surface area contributed by atoms with Crippen molar-refractivity contribution in [2.24, 2.45) is 0 Å². The number of benzene rings is 3. The number of nitriles is 1. The van der Waals surface area contributed by atoms with Crippen molar-refractivity contribution in [3.63, 3.8) is 0 Å². The highest BCUT2D eigenvalue weighted by Crippen LogP contribution is 2.31. The van der Waals surface area contributed by atoms with Gasteiger partial charge in [-0.05, 0) is 85.5 Å². The van der Waals surface area contributed by atoms with Crippen molar-refractivity contribution >= 4 is 28.7 Å². The van der Waals surface area contributed by atoms with Gasteiger partial charge in [0, 0.05) is 0 Å².